The minimum Gasteiger partial charge on any atom is -0.397 e. The topological polar surface area (TPSA) is 38.9 Å². The van der Waals surface area contributed by atoms with Crippen molar-refractivity contribution in [2.24, 2.45) is 0 Å². The Morgan fingerprint density at radius 2 is 2.33 bits per heavy atom. The van der Waals surface area contributed by atoms with Gasteiger partial charge in [0.2, 0.25) is 0 Å². The maximum absolute atomic E-state index is 6.00. The maximum Gasteiger partial charge on any atom is 0.132 e. The third kappa shape index (κ3) is 2.21. The zero-order valence-electron chi connectivity index (χ0n) is 8.46. The maximum atomic E-state index is 6.00. The molecular formula is C12H13ClN2. The van der Waals surface area contributed by atoms with Crippen molar-refractivity contribution in [3.63, 3.8) is 0 Å². The van der Waals surface area contributed by atoms with Crippen molar-refractivity contribution >= 4 is 17.3 Å². The average Bonchev–Trinajstić information content (AvgIpc) is 2.58. The van der Waals surface area contributed by atoms with E-state index in [1.807, 2.05) is 6.07 Å². The van der Waals surface area contributed by atoms with Crippen molar-refractivity contribution in [2.75, 3.05) is 5.73 Å². The van der Waals surface area contributed by atoms with Gasteiger partial charge in [-0.3, -0.25) is 0 Å². The van der Waals surface area contributed by atoms with E-state index in [9.17, 15) is 0 Å². The summed E-state index contributed by atoms with van der Waals surface area (Å²) in [6, 6.07) is 1.88. The van der Waals surface area contributed by atoms with Crippen LogP contribution in [0.25, 0.3) is 0 Å². The standard InChI is InChI=1S/C12H13ClN2/c1-8-3-2-4-9(8)5-10-6-11(14)7-15-12(10)13/h4,6-7H,1-3,5,14H2. The molecule has 1 aliphatic rings. The normalized spacial score (nSPS) is 15.5. The number of nitrogens with zero attached hydrogens (tertiary/aromatic N) is 1. The van der Waals surface area contributed by atoms with Crippen LogP contribution in [0.15, 0.2) is 36.1 Å². The molecule has 2 N–H and O–H groups in total. The molecule has 0 radical (unpaired) electrons. The van der Waals surface area contributed by atoms with Crippen LogP contribution >= 0.6 is 11.6 Å². The first kappa shape index (κ1) is 10.2. The van der Waals surface area contributed by atoms with Gasteiger partial charge in [0.25, 0.3) is 0 Å². The number of nitrogen functional groups attached to an aromatic ring is 1. The van der Waals surface area contributed by atoms with Gasteiger partial charge in [-0.05, 0) is 30.0 Å². The second-order valence-electron chi connectivity index (χ2n) is 3.77. The average molecular weight is 221 g/mol. The van der Waals surface area contributed by atoms with Gasteiger partial charge in [0.1, 0.15) is 5.15 Å². The summed E-state index contributed by atoms with van der Waals surface area (Å²) in [5.74, 6) is 0. The number of halogens is 1. The fourth-order valence-electron chi connectivity index (χ4n) is 1.76. The van der Waals surface area contributed by atoms with Crippen LogP contribution in [0.2, 0.25) is 5.15 Å². The first-order valence-corrected chi connectivity index (χ1v) is 5.31. The van der Waals surface area contributed by atoms with Crippen LogP contribution in [0.5, 0.6) is 0 Å². The van der Waals surface area contributed by atoms with Gasteiger partial charge in [0.15, 0.2) is 0 Å². The van der Waals surface area contributed by atoms with Crippen LogP contribution < -0.4 is 5.73 Å². The van der Waals surface area contributed by atoms with E-state index in [0.717, 1.165) is 24.8 Å². The van der Waals surface area contributed by atoms with Crippen LogP contribution in [-0.4, -0.2) is 4.98 Å². The fraction of sp³-hybridized carbons (Fsp3) is 0.250. The van der Waals surface area contributed by atoms with E-state index in [-0.39, 0.29) is 0 Å². The van der Waals surface area contributed by atoms with Crippen LogP contribution in [0.1, 0.15) is 18.4 Å². The summed E-state index contributed by atoms with van der Waals surface area (Å²) in [5, 5.41) is 0.532. The quantitative estimate of drug-likeness (QED) is 0.778. The number of hydrogen-bond acceptors (Lipinski definition) is 2. The van der Waals surface area contributed by atoms with Crippen molar-refractivity contribution in [1.29, 1.82) is 0 Å². The van der Waals surface area contributed by atoms with Gasteiger partial charge in [-0.25, -0.2) is 4.98 Å². The highest BCUT2D eigenvalue weighted by molar-refractivity contribution is 6.30. The van der Waals surface area contributed by atoms with E-state index in [0.29, 0.717) is 10.8 Å². The Balaban J connectivity index is 2.24. The minimum atomic E-state index is 0.532. The van der Waals surface area contributed by atoms with Crippen LogP contribution in [-0.2, 0) is 6.42 Å². The molecule has 1 aromatic rings. The second-order valence-corrected chi connectivity index (χ2v) is 4.12. The molecule has 1 aromatic heterocycles. The third-order valence-electron chi connectivity index (χ3n) is 2.60. The number of anilines is 1. The van der Waals surface area contributed by atoms with Crippen LogP contribution in [0.3, 0.4) is 0 Å². The summed E-state index contributed by atoms with van der Waals surface area (Å²) in [6.07, 6.45) is 6.71. The van der Waals surface area contributed by atoms with Gasteiger partial charge in [0.05, 0.1) is 11.9 Å². The molecule has 0 atom stereocenters. The lowest BCUT2D eigenvalue weighted by Crippen LogP contribution is -1.96. The highest BCUT2D eigenvalue weighted by Crippen LogP contribution is 2.28. The van der Waals surface area contributed by atoms with Gasteiger partial charge in [0, 0.05) is 6.42 Å². The largest absolute Gasteiger partial charge is 0.397 e. The van der Waals surface area contributed by atoms with Crippen molar-refractivity contribution in [1.82, 2.24) is 4.98 Å². The van der Waals surface area contributed by atoms with Gasteiger partial charge in [-0.15, -0.1) is 0 Å². The molecule has 2 nitrogen and oxygen atoms in total. The number of aromatic nitrogens is 1. The van der Waals surface area contributed by atoms with E-state index in [4.69, 9.17) is 17.3 Å². The molecule has 0 aliphatic heterocycles. The van der Waals surface area contributed by atoms with Gasteiger partial charge < -0.3 is 5.73 Å². The lowest BCUT2D eigenvalue weighted by atomic mass is 10.0. The van der Waals surface area contributed by atoms with E-state index >= 15 is 0 Å². The molecule has 1 heterocycles. The molecule has 2 rings (SSSR count). The van der Waals surface area contributed by atoms with Crippen molar-refractivity contribution < 1.29 is 0 Å². The molecule has 0 amide bonds. The van der Waals surface area contributed by atoms with Crippen molar-refractivity contribution in [3.8, 4) is 0 Å². The smallest absolute Gasteiger partial charge is 0.132 e. The number of rotatable bonds is 2. The number of pyridine rings is 1. The van der Waals surface area contributed by atoms with Gasteiger partial charge in [-0.2, -0.15) is 0 Å². The molecule has 0 unspecified atom stereocenters. The minimum absolute atomic E-state index is 0.532. The molecule has 1 aliphatic carbocycles. The highest BCUT2D eigenvalue weighted by atomic mass is 35.5. The number of allylic oxidation sites excluding steroid dienone is 3. The third-order valence-corrected chi connectivity index (χ3v) is 2.95. The van der Waals surface area contributed by atoms with Gasteiger partial charge in [-0.1, -0.05) is 29.8 Å². The Morgan fingerprint density at radius 3 is 3.00 bits per heavy atom. The Morgan fingerprint density at radius 1 is 1.53 bits per heavy atom. The monoisotopic (exact) mass is 220 g/mol. The SMILES string of the molecule is C=C1CCC=C1Cc1cc(N)cnc1Cl. The molecule has 0 aromatic carbocycles. The Labute approximate surface area is 94.5 Å². The first-order chi connectivity index (χ1) is 7.16. The summed E-state index contributed by atoms with van der Waals surface area (Å²) >= 11 is 6.00. The number of nitrogens with two attached hydrogens (primary N) is 1. The Kier molecular flexibility index (Phi) is 2.78. The summed E-state index contributed by atoms with van der Waals surface area (Å²) < 4.78 is 0. The zero-order chi connectivity index (χ0) is 10.8. The van der Waals surface area contributed by atoms with E-state index < -0.39 is 0 Å². The predicted molar refractivity (Wildman–Crippen MR) is 63.8 cm³/mol. The molecule has 0 saturated heterocycles. The molecule has 15 heavy (non-hydrogen) atoms. The molecule has 0 fully saturated rings. The van der Waals surface area contributed by atoms with Crippen LogP contribution in [0.4, 0.5) is 5.69 Å². The molecule has 0 bridgehead atoms. The predicted octanol–water partition coefficient (Wildman–Crippen LogP) is 3.14. The molecule has 0 saturated carbocycles. The summed E-state index contributed by atoms with van der Waals surface area (Å²) in [4.78, 5) is 4.03. The van der Waals surface area contributed by atoms with Crippen molar-refractivity contribution in [2.45, 2.75) is 19.3 Å². The summed E-state index contributed by atoms with van der Waals surface area (Å²) in [7, 11) is 0. The zero-order valence-corrected chi connectivity index (χ0v) is 9.22. The second kappa shape index (κ2) is 4.07. The number of hydrogen-bond donors (Lipinski definition) is 1. The Hall–Kier alpha value is -1.28. The van der Waals surface area contributed by atoms with Gasteiger partial charge >= 0.3 is 0 Å². The highest BCUT2D eigenvalue weighted by Gasteiger charge is 2.12. The summed E-state index contributed by atoms with van der Waals surface area (Å²) in [5.41, 5.74) is 9.77. The lowest BCUT2D eigenvalue weighted by Gasteiger charge is -2.06. The molecule has 3 heteroatoms. The lowest BCUT2D eigenvalue weighted by molar-refractivity contribution is 1.05. The Bertz CT molecular complexity index is 435. The molecule has 0 spiro atoms. The van der Waals surface area contributed by atoms with Crippen LogP contribution in [0, 0.1) is 0 Å². The summed E-state index contributed by atoms with van der Waals surface area (Å²) in [6.45, 7) is 4.02. The molecule has 78 valence electrons. The van der Waals surface area contributed by atoms with Crippen molar-refractivity contribution in [3.05, 3.63) is 46.8 Å². The molecular weight excluding hydrogens is 208 g/mol. The van der Waals surface area contributed by atoms with E-state index in [2.05, 4.69) is 17.6 Å². The first-order valence-electron chi connectivity index (χ1n) is 4.94. The fourth-order valence-corrected chi connectivity index (χ4v) is 1.93. The van der Waals surface area contributed by atoms with E-state index in [1.165, 1.54) is 11.1 Å². The van der Waals surface area contributed by atoms with E-state index in [1.54, 1.807) is 6.20 Å².